The summed E-state index contributed by atoms with van der Waals surface area (Å²) in [5.41, 5.74) is 6.83. The molecule has 2 amide bonds. The van der Waals surface area contributed by atoms with Gasteiger partial charge in [0.2, 0.25) is 11.8 Å². The maximum absolute atomic E-state index is 12.3. The Morgan fingerprint density at radius 2 is 1.42 bits per heavy atom. The minimum atomic E-state index is -1.40. The van der Waals surface area contributed by atoms with E-state index in [-0.39, 0.29) is 32.1 Å². The number of hydrogen-bond acceptors (Lipinski definition) is 6. The summed E-state index contributed by atoms with van der Waals surface area (Å²) in [6.07, 6.45) is 0.588. The minimum Gasteiger partial charge on any atom is -0.480 e. The Morgan fingerprint density at radius 3 is 2.03 bits per heavy atom. The molecule has 0 radical (unpaired) electrons. The summed E-state index contributed by atoms with van der Waals surface area (Å²) in [5.74, 6) is -5.31. The zero-order chi connectivity index (χ0) is 24.5. The lowest BCUT2D eigenvalue weighted by molar-refractivity contribution is -0.143. The first-order valence-corrected chi connectivity index (χ1v) is 10.2. The number of para-hydroxylation sites is 1. The van der Waals surface area contributed by atoms with E-state index in [1.165, 1.54) is 0 Å². The van der Waals surface area contributed by atoms with Gasteiger partial charge in [0.1, 0.15) is 18.1 Å². The number of aromatic amines is 1. The van der Waals surface area contributed by atoms with Gasteiger partial charge in [-0.05, 0) is 24.5 Å². The van der Waals surface area contributed by atoms with Crippen molar-refractivity contribution < 1.29 is 39.3 Å². The lowest BCUT2D eigenvalue weighted by Crippen LogP contribution is -2.45. The topological polar surface area (TPSA) is 212 Å². The standard InChI is InChI=1S/C21H26N4O8/c22-13(19(28)29)5-7-17(26)24-15(20(30)31)6-8-18(27)25-16(21(32)33)9-11-10-23-14-4-2-1-3-12(11)14/h1-4,10,13,15-16,23H,5-9,22H2,(H,24,26)(H,25,27)(H,28,29)(H,30,31)(H,32,33)/t13-,15-,16+/m1/s1. The summed E-state index contributed by atoms with van der Waals surface area (Å²) >= 11 is 0. The fourth-order valence-corrected chi connectivity index (χ4v) is 3.20. The van der Waals surface area contributed by atoms with Crippen molar-refractivity contribution >= 4 is 40.6 Å². The summed E-state index contributed by atoms with van der Waals surface area (Å²) in [5, 5.41) is 32.9. The van der Waals surface area contributed by atoms with Crippen LogP contribution in [0.1, 0.15) is 31.2 Å². The van der Waals surface area contributed by atoms with Gasteiger partial charge in [0.25, 0.3) is 0 Å². The largest absolute Gasteiger partial charge is 0.480 e. The number of carboxylic acid groups (broad SMARTS) is 3. The Kier molecular flexibility index (Phi) is 8.92. The van der Waals surface area contributed by atoms with Crippen molar-refractivity contribution in [2.45, 2.75) is 50.2 Å². The van der Waals surface area contributed by atoms with E-state index in [0.29, 0.717) is 5.56 Å². The maximum Gasteiger partial charge on any atom is 0.326 e. The molecule has 12 heteroatoms. The molecule has 0 saturated heterocycles. The first kappa shape index (κ1) is 25.3. The molecule has 1 aromatic carbocycles. The molecule has 0 saturated carbocycles. The number of amides is 2. The van der Waals surface area contributed by atoms with Crippen LogP contribution in [0.25, 0.3) is 10.9 Å². The average molecular weight is 462 g/mol. The highest BCUT2D eigenvalue weighted by Crippen LogP contribution is 2.19. The zero-order valence-corrected chi connectivity index (χ0v) is 17.6. The predicted octanol–water partition coefficient (Wildman–Crippen LogP) is -0.178. The number of aliphatic carboxylic acids is 3. The highest BCUT2D eigenvalue weighted by Gasteiger charge is 2.25. The molecule has 0 spiro atoms. The van der Waals surface area contributed by atoms with Gasteiger partial charge >= 0.3 is 17.9 Å². The number of nitrogens with one attached hydrogen (secondary N) is 3. The van der Waals surface area contributed by atoms with Gasteiger partial charge in [-0.2, -0.15) is 0 Å². The Hall–Kier alpha value is -3.93. The molecule has 1 aromatic heterocycles. The first-order chi connectivity index (χ1) is 15.6. The molecule has 0 aliphatic heterocycles. The fourth-order valence-electron chi connectivity index (χ4n) is 3.20. The monoisotopic (exact) mass is 462 g/mol. The summed E-state index contributed by atoms with van der Waals surface area (Å²) in [4.78, 5) is 60.9. The highest BCUT2D eigenvalue weighted by atomic mass is 16.4. The van der Waals surface area contributed by atoms with Gasteiger partial charge in [-0.25, -0.2) is 9.59 Å². The van der Waals surface area contributed by atoms with E-state index in [4.69, 9.17) is 10.8 Å². The number of H-pyrrole nitrogens is 1. The van der Waals surface area contributed by atoms with Crippen LogP contribution in [-0.4, -0.2) is 68.2 Å². The number of hydrogen-bond donors (Lipinski definition) is 7. The van der Waals surface area contributed by atoms with Crippen LogP contribution in [-0.2, 0) is 30.4 Å². The second kappa shape index (κ2) is 11.6. The van der Waals surface area contributed by atoms with Crippen LogP contribution in [0.3, 0.4) is 0 Å². The van der Waals surface area contributed by atoms with E-state index >= 15 is 0 Å². The SMILES string of the molecule is N[C@H](CCC(=O)N[C@H](CCC(=O)N[C@@H](Cc1c[nH]c2ccccc12)C(=O)O)C(=O)O)C(=O)O. The van der Waals surface area contributed by atoms with Crippen LogP contribution in [0.15, 0.2) is 30.5 Å². The van der Waals surface area contributed by atoms with Crippen LogP contribution in [0, 0.1) is 0 Å². The fraction of sp³-hybridized carbons (Fsp3) is 0.381. The minimum absolute atomic E-state index is 0.0218. The van der Waals surface area contributed by atoms with E-state index in [2.05, 4.69) is 15.6 Å². The molecule has 2 aromatic rings. The summed E-state index contributed by atoms with van der Waals surface area (Å²) < 4.78 is 0. The first-order valence-electron chi connectivity index (χ1n) is 10.2. The second-order valence-corrected chi connectivity index (χ2v) is 7.50. The highest BCUT2D eigenvalue weighted by molar-refractivity contribution is 5.88. The number of rotatable bonds is 13. The Morgan fingerprint density at radius 1 is 0.848 bits per heavy atom. The molecule has 3 atom stereocenters. The van der Waals surface area contributed by atoms with Crippen molar-refractivity contribution in [3.05, 3.63) is 36.0 Å². The van der Waals surface area contributed by atoms with Crippen molar-refractivity contribution in [2.24, 2.45) is 5.73 Å². The lowest BCUT2D eigenvalue weighted by Gasteiger charge is -2.17. The molecule has 0 fully saturated rings. The van der Waals surface area contributed by atoms with E-state index in [1.807, 2.05) is 24.3 Å². The molecule has 12 nitrogen and oxygen atoms in total. The molecule has 8 N–H and O–H groups in total. The van der Waals surface area contributed by atoms with Crippen LogP contribution in [0.4, 0.5) is 0 Å². The molecule has 0 unspecified atom stereocenters. The number of nitrogens with two attached hydrogens (primary N) is 1. The van der Waals surface area contributed by atoms with Gasteiger partial charge in [0, 0.05) is 36.4 Å². The van der Waals surface area contributed by atoms with Crippen LogP contribution in [0.5, 0.6) is 0 Å². The van der Waals surface area contributed by atoms with Crippen LogP contribution >= 0.6 is 0 Å². The summed E-state index contributed by atoms with van der Waals surface area (Å²) in [6, 6.07) is 3.41. The quantitative estimate of drug-likeness (QED) is 0.210. The molecule has 0 aliphatic rings. The Bertz CT molecular complexity index is 1030. The van der Waals surface area contributed by atoms with Crippen molar-refractivity contribution in [1.82, 2.24) is 15.6 Å². The molecule has 33 heavy (non-hydrogen) atoms. The van der Waals surface area contributed by atoms with Crippen LogP contribution < -0.4 is 16.4 Å². The molecule has 1 heterocycles. The lowest BCUT2D eigenvalue weighted by atomic mass is 10.0. The van der Waals surface area contributed by atoms with E-state index in [1.54, 1.807) is 6.20 Å². The molecule has 178 valence electrons. The van der Waals surface area contributed by atoms with Crippen molar-refractivity contribution in [1.29, 1.82) is 0 Å². The number of fused-ring (bicyclic) bond motifs is 1. The van der Waals surface area contributed by atoms with Gasteiger partial charge in [0.15, 0.2) is 0 Å². The van der Waals surface area contributed by atoms with Gasteiger partial charge < -0.3 is 36.7 Å². The molecule has 0 bridgehead atoms. The number of carbonyl (C=O) groups is 5. The normalized spacial score (nSPS) is 13.6. The predicted molar refractivity (Wildman–Crippen MR) is 115 cm³/mol. The van der Waals surface area contributed by atoms with Crippen molar-refractivity contribution in [3.63, 3.8) is 0 Å². The van der Waals surface area contributed by atoms with E-state index in [9.17, 15) is 34.2 Å². The zero-order valence-electron chi connectivity index (χ0n) is 17.6. The number of aromatic nitrogens is 1. The maximum atomic E-state index is 12.3. The average Bonchev–Trinajstić information content (AvgIpc) is 3.16. The number of carboxylic acids is 3. The smallest absolute Gasteiger partial charge is 0.326 e. The number of carbonyl (C=O) groups excluding carboxylic acids is 2. The van der Waals surface area contributed by atoms with Gasteiger partial charge in [-0.15, -0.1) is 0 Å². The Labute approximate surface area is 188 Å². The van der Waals surface area contributed by atoms with Gasteiger partial charge in [-0.3, -0.25) is 14.4 Å². The van der Waals surface area contributed by atoms with Gasteiger partial charge in [-0.1, -0.05) is 18.2 Å². The van der Waals surface area contributed by atoms with Gasteiger partial charge in [0.05, 0.1) is 0 Å². The van der Waals surface area contributed by atoms with Crippen molar-refractivity contribution in [2.75, 3.05) is 0 Å². The molecular weight excluding hydrogens is 436 g/mol. The third-order valence-corrected chi connectivity index (χ3v) is 5.03. The number of benzene rings is 1. The third kappa shape index (κ3) is 7.61. The molecule has 2 rings (SSSR count). The molecular formula is C21H26N4O8. The summed E-state index contributed by atoms with van der Waals surface area (Å²) in [7, 11) is 0. The van der Waals surface area contributed by atoms with E-state index in [0.717, 1.165) is 10.9 Å². The van der Waals surface area contributed by atoms with E-state index < -0.39 is 47.8 Å². The third-order valence-electron chi connectivity index (χ3n) is 5.03. The Balaban J connectivity index is 1.90. The second-order valence-electron chi connectivity index (χ2n) is 7.50. The van der Waals surface area contributed by atoms with Crippen molar-refractivity contribution in [3.8, 4) is 0 Å². The molecule has 0 aliphatic carbocycles. The summed E-state index contributed by atoms with van der Waals surface area (Å²) in [6.45, 7) is 0. The van der Waals surface area contributed by atoms with Crippen LogP contribution in [0.2, 0.25) is 0 Å².